The standard InChI is InChI=1S/C20H14F3N3O4S/c1-2-31(28,29)14-7-11(19(10-24)5-6-19)8-25-16(14)13-9-30-18-12(17(13)27)3-4-15(26-18)20(21,22)23/h3-4,7-9H,2,5-6H2,1H3. The molecule has 0 aliphatic heterocycles. The summed E-state index contributed by atoms with van der Waals surface area (Å²) < 4.78 is 69.2. The summed E-state index contributed by atoms with van der Waals surface area (Å²) in [6.07, 6.45) is -1.38. The fourth-order valence-electron chi connectivity index (χ4n) is 3.23. The maximum Gasteiger partial charge on any atom is 0.433 e. The Morgan fingerprint density at radius 1 is 1.29 bits per heavy atom. The number of fused-ring (bicyclic) bond motifs is 1. The molecule has 4 rings (SSSR count). The summed E-state index contributed by atoms with van der Waals surface area (Å²) in [4.78, 5) is 20.2. The van der Waals surface area contributed by atoms with Crippen molar-refractivity contribution in [2.24, 2.45) is 0 Å². The second kappa shape index (κ2) is 6.88. The van der Waals surface area contributed by atoms with E-state index in [0.29, 0.717) is 24.5 Å². The van der Waals surface area contributed by atoms with Crippen LogP contribution in [0.5, 0.6) is 0 Å². The average molecular weight is 449 g/mol. The van der Waals surface area contributed by atoms with Crippen molar-refractivity contribution < 1.29 is 26.0 Å². The van der Waals surface area contributed by atoms with Crippen molar-refractivity contribution in [1.29, 1.82) is 5.26 Å². The van der Waals surface area contributed by atoms with Gasteiger partial charge >= 0.3 is 6.18 Å². The molecule has 11 heteroatoms. The lowest BCUT2D eigenvalue weighted by atomic mass is 9.99. The number of pyridine rings is 2. The van der Waals surface area contributed by atoms with Crippen molar-refractivity contribution in [1.82, 2.24) is 9.97 Å². The third kappa shape index (κ3) is 3.46. The maximum atomic E-state index is 12.9. The van der Waals surface area contributed by atoms with Gasteiger partial charge in [-0.15, -0.1) is 0 Å². The summed E-state index contributed by atoms with van der Waals surface area (Å²) in [6.45, 7) is 1.43. The predicted molar refractivity (Wildman–Crippen MR) is 103 cm³/mol. The summed E-state index contributed by atoms with van der Waals surface area (Å²) in [5.41, 5.74) is -3.29. The molecular weight excluding hydrogens is 435 g/mol. The molecule has 0 N–H and O–H groups in total. The molecule has 7 nitrogen and oxygen atoms in total. The molecule has 1 saturated carbocycles. The molecule has 0 saturated heterocycles. The Balaban J connectivity index is 1.94. The topological polar surface area (TPSA) is 114 Å². The summed E-state index contributed by atoms with van der Waals surface area (Å²) in [5.74, 6) is -0.278. The fourth-order valence-corrected chi connectivity index (χ4v) is 4.30. The van der Waals surface area contributed by atoms with E-state index in [1.807, 2.05) is 0 Å². The molecule has 1 fully saturated rings. The number of nitriles is 1. The normalized spacial score (nSPS) is 15.6. The Kier molecular flexibility index (Phi) is 4.66. The number of halogens is 3. The first-order chi connectivity index (χ1) is 14.5. The molecule has 3 aromatic rings. The molecule has 0 radical (unpaired) electrons. The van der Waals surface area contributed by atoms with Gasteiger partial charge in [-0.1, -0.05) is 6.92 Å². The second-order valence-corrected chi connectivity index (χ2v) is 9.44. The summed E-state index contributed by atoms with van der Waals surface area (Å²) in [6, 6.07) is 5.08. The SMILES string of the molecule is CCS(=O)(=O)c1cc(C2(C#N)CC2)cnc1-c1coc2nc(C(F)(F)F)ccc2c1=O. The van der Waals surface area contributed by atoms with E-state index in [0.717, 1.165) is 12.3 Å². The Bertz CT molecular complexity index is 1420. The first kappa shape index (κ1) is 21.0. The van der Waals surface area contributed by atoms with E-state index in [1.54, 1.807) is 0 Å². The van der Waals surface area contributed by atoms with Gasteiger partial charge in [0.25, 0.3) is 0 Å². The Labute approximate surface area is 174 Å². The first-order valence-corrected chi connectivity index (χ1v) is 10.8. The zero-order valence-corrected chi connectivity index (χ0v) is 16.8. The molecular formula is C20H14F3N3O4S. The number of hydrogen-bond acceptors (Lipinski definition) is 7. The molecule has 1 aliphatic rings. The van der Waals surface area contributed by atoms with E-state index in [-0.39, 0.29) is 27.3 Å². The van der Waals surface area contributed by atoms with Crippen LogP contribution < -0.4 is 5.43 Å². The highest BCUT2D eigenvalue weighted by Gasteiger charge is 2.46. The largest absolute Gasteiger partial charge is 0.445 e. The number of alkyl halides is 3. The molecule has 160 valence electrons. The van der Waals surface area contributed by atoms with Crippen LogP contribution in [0, 0.1) is 11.3 Å². The van der Waals surface area contributed by atoms with Gasteiger partial charge in [-0.2, -0.15) is 18.4 Å². The van der Waals surface area contributed by atoms with Gasteiger partial charge in [0.05, 0.1) is 38.8 Å². The van der Waals surface area contributed by atoms with E-state index < -0.39 is 38.3 Å². The molecule has 3 aromatic heterocycles. The number of rotatable bonds is 4. The van der Waals surface area contributed by atoms with Crippen molar-refractivity contribution in [3.63, 3.8) is 0 Å². The van der Waals surface area contributed by atoms with Crippen molar-refractivity contribution >= 4 is 20.9 Å². The van der Waals surface area contributed by atoms with Crippen LogP contribution in [0.2, 0.25) is 0 Å². The van der Waals surface area contributed by atoms with Crippen molar-refractivity contribution in [2.45, 2.75) is 36.3 Å². The lowest BCUT2D eigenvalue weighted by molar-refractivity contribution is -0.141. The van der Waals surface area contributed by atoms with Crippen LogP contribution in [0.4, 0.5) is 13.2 Å². The molecule has 0 bridgehead atoms. The minimum atomic E-state index is -4.72. The molecule has 31 heavy (non-hydrogen) atoms. The van der Waals surface area contributed by atoms with E-state index >= 15 is 0 Å². The molecule has 0 unspecified atom stereocenters. The van der Waals surface area contributed by atoms with Crippen LogP contribution in [0.15, 0.2) is 44.8 Å². The van der Waals surface area contributed by atoms with Gasteiger partial charge in [-0.25, -0.2) is 13.4 Å². The van der Waals surface area contributed by atoms with Gasteiger partial charge < -0.3 is 4.42 Å². The zero-order chi connectivity index (χ0) is 22.6. The highest BCUT2D eigenvalue weighted by Crippen LogP contribution is 2.48. The third-order valence-corrected chi connectivity index (χ3v) is 7.01. The summed E-state index contributed by atoms with van der Waals surface area (Å²) in [7, 11) is -3.85. The van der Waals surface area contributed by atoms with Crippen LogP contribution in [-0.4, -0.2) is 24.1 Å². The van der Waals surface area contributed by atoms with Gasteiger partial charge in [0, 0.05) is 6.20 Å². The maximum absolute atomic E-state index is 12.9. The van der Waals surface area contributed by atoms with Gasteiger partial charge in [0.2, 0.25) is 11.1 Å². The van der Waals surface area contributed by atoms with Crippen LogP contribution >= 0.6 is 0 Å². The molecule has 0 spiro atoms. The Morgan fingerprint density at radius 2 is 2.00 bits per heavy atom. The quantitative estimate of drug-likeness (QED) is 0.598. The summed E-state index contributed by atoms with van der Waals surface area (Å²) in [5, 5.41) is 9.17. The van der Waals surface area contributed by atoms with Crippen molar-refractivity contribution in [3.8, 4) is 17.3 Å². The third-order valence-electron chi connectivity index (χ3n) is 5.27. The molecule has 0 atom stereocenters. The zero-order valence-electron chi connectivity index (χ0n) is 16.0. The van der Waals surface area contributed by atoms with Gasteiger partial charge in [-0.05, 0) is 36.6 Å². The van der Waals surface area contributed by atoms with Crippen molar-refractivity contribution in [2.75, 3.05) is 5.75 Å². The minimum absolute atomic E-state index is 0.185. The van der Waals surface area contributed by atoms with Gasteiger partial charge in [-0.3, -0.25) is 9.78 Å². The minimum Gasteiger partial charge on any atom is -0.445 e. The monoisotopic (exact) mass is 449 g/mol. The van der Waals surface area contributed by atoms with E-state index in [1.165, 1.54) is 19.2 Å². The van der Waals surface area contributed by atoms with Crippen molar-refractivity contribution in [3.05, 3.63) is 52.1 Å². The van der Waals surface area contributed by atoms with E-state index in [2.05, 4.69) is 16.0 Å². The molecule has 3 heterocycles. The smallest absolute Gasteiger partial charge is 0.433 e. The average Bonchev–Trinajstić information content (AvgIpc) is 3.54. The molecule has 0 amide bonds. The van der Waals surface area contributed by atoms with Crippen LogP contribution in [0.3, 0.4) is 0 Å². The first-order valence-electron chi connectivity index (χ1n) is 9.17. The van der Waals surface area contributed by atoms with Gasteiger partial charge in [0.1, 0.15) is 12.0 Å². The van der Waals surface area contributed by atoms with Crippen LogP contribution in [-0.2, 0) is 21.4 Å². The van der Waals surface area contributed by atoms with E-state index in [4.69, 9.17) is 4.42 Å². The van der Waals surface area contributed by atoms with Gasteiger partial charge in [0.15, 0.2) is 9.84 Å². The highest BCUT2D eigenvalue weighted by molar-refractivity contribution is 7.91. The summed E-state index contributed by atoms with van der Waals surface area (Å²) >= 11 is 0. The number of nitrogens with zero attached hydrogens (tertiary/aromatic N) is 3. The lowest BCUT2D eigenvalue weighted by Gasteiger charge is -2.13. The van der Waals surface area contributed by atoms with E-state index in [9.17, 15) is 31.6 Å². The van der Waals surface area contributed by atoms with Crippen LogP contribution in [0.25, 0.3) is 22.4 Å². The fraction of sp³-hybridized carbons (Fsp3) is 0.300. The highest BCUT2D eigenvalue weighted by atomic mass is 32.2. The number of sulfone groups is 1. The molecule has 1 aliphatic carbocycles. The number of aromatic nitrogens is 2. The predicted octanol–water partition coefficient (Wildman–Crippen LogP) is 3.62. The van der Waals surface area contributed by atoms with Crippen LogP contribution in [0.1, 0.15) is 31.0 Å². The second-order valence-electron chi connectivity index (χ2n) is 7.19. The number of hydrogen-bond donors (Lipinski definition) is 0. The Morgan fingerprint density at radius 3 is 2.58 bits per heavy atom. The molecule has 0 aromatic carbocycles. The lowest BCUT2D eigenvalue weighted by Crippen LogP contribution is -2.15. The Hall–Kier alpha value is -3.26.